The second-order valence-electron chi connectivity index (χ2n) is 8.03. The van der Waals surface area contributed by atoms with E-state index in [4.69, 9.17) is 14.2 Å². The number of imide groups is 1. The topological polar surface area (TPSA) is 82.1 Å². The second kappa shape index (κ2) is 11.7. The zero-order valence-corrected chi connectivity index (χ0v) is 21.0. The van der Waals surface area contributed by atoms with Crippen molar-refractivity contribution in [1.29, 1.82) is 0 Å². The summed E-state index contributed by atoms with van der Waals surface area (Å²) in [6.07, 6.45) is 1.58. The maximum Gasteiger partial charge on any atom is 0.343 e. The van der Waals surface area contributed by atoms with Gasteiger partial charge in [-0.2, -0.15) is 0 Å². The highest BCUT2D eigenvalue weighted by atomic mass is 32.2. The summed E-state index contributed by atoms with van der Waals surface area (Å²) in [5, 5.41) is -0.376. The monoisotopic (exact) mass is 521 g/mol. The molecular formula is C28H24FNO6S. The van der Waals surface area contributed by atoms with Crippen molar-refractivity contribution in [2.24, 2.45) is 0 Å². The number of amides is 2. The van der Waals surface area contributed by atoms with Crippen molar-refractivity contribution in [3.05, 3.63) is 94.1 Å². The molecule has 3 aromatic rings. The van der Waals surface area contributed by atoms with Crippen LogP contribution < -0.4 is 14.2 Å². The second-order valence-corrected chi connectivity index (χ2v) is 9.03. The van der Waals surface area contributed by atoms with Gasteiger partial charge in [-0.05, 0) is 91.3 Å². The summed E-state index contributed by atoms with van der Waals surface area (Å²) in [6.45, 7) is 4.34. The zero-order chi connectivity index (χ0) is 26.4. The Labute approximate surface area is 217 Å². The normalized spacial score (nSPS) is 14.2. The van der Waals surface area contributed by atoms with Crippen LogP contribution in [0.3, 0.4) is 0 Å². The first-order chi connectivity index (χ1) is 17.8. The molecule has 1 fully saturated rings. The number of carbonyl (C=O) groups is 3. The first-order valence-corrected chi connectivity index (χ1v) is 12.3. The van der Waals surface area contributed by atoms with E-state index in [0.29, 0.717) is 17.9 Å². The van der Waals surface area contributed by atoms with Crippen LogP contribution in [-0.4, -0.2) is 41.8 Å². The Morgan fingerprint density at radius 1 is 1.00 bits per heavy atom. The van der Waals surface area contributed by atoms with Gasteiger partial charge in [0.25, 0.3) is 11.1 Å². The van der Waals surface area contributed by atoms with Crippen molar-refractivity contribution in [1.82, 2.24) is 4.90 Å². The van der Waals surface area contributed by atoms with Gasteiger partial charge in [0, 0.05) is 0 Å². The lowest BCUT2D eigenvalue weighted by atomic mass is 10.1. The van der Waals surface area contributed by atoms with Gasteiger partial charge in [0.1, 0.15) is 18.2 Å². The molecule has 2 amide bonds. The molecule has 9 heteroatoms. The highest BCUT2D eigenvalue weighted by Crippen LogP contribution is 2.35. The Kier molecular flexibility index (Phi) is 8.25. The molecular weight excluding hydrogens is 497 g/mol. The van der Waals surface area contributed by atoms with E-state index >= 15 is 0 Å². The van der Waals surface area contributed by atoms with Gasteiger partial charge >= 0.3 is 5.97 Å². The first kappa shape index (κ1) is 26.0. The van der Waals surface area contributed by atoms with Crippen LogP contribution in [0.4, 0.5) is 9.18 Å². The number of ether oxygens (including phenoxy) is 3. The predicted octanol–water partition coefficient (Wildman–Crippen LogP) is 5.87. The highest BCUT2D eigenvalue weighted by molar-refractivity contribution is 8.18. The number of carbonyl (C=O) groups excluding carboxylic acids is 3. The fraction of sp³-hybridized carbons (Fsp3) is 0.179. The number of hydrogen-bond donors (Lipinski definition) is 0. The van der Waals surface area contributed by atoms with Crippen molar-refractivity contribution >= 4 is 35.0 Å². The quantitative estimate of drug-likeness (QED) is 0.198. The van der Waals surface area contributed by atoms with Gasteiger partial charge in [0.05, 0.1) is 23.6 Å². The summed E-state index contributed by atoms with van der Waals surface area (Å²) in [6, 6.07) is 17.3. The molecule has 0 aliphatic carbocycles. The lowest BCUT2D eigenvalue weighted by Gasteiger charge is -2.13. The number of esters is 1. The zero-order valence-electron chi connectivity index (χ0n) is 20.2. The molecule has 4 rings (SSSR count). The molecule has 0 unspecified atom stereocenters. The summed E-state index contributed by atoms with van der Waals surface area (Å²) in [7, 11) is 0. The Bertz CT molecular complexity index is 1360. The van der Waals surface area contributed by atoms with E-state index in [1.54, 1.807) is 25.1 Å². The average Bonchev–Trinajstić information content (AvgIpc) is 3.13. The molecule has 0 bridgehead atoms. The summed E-state index contributed by atoms with van der Waals surface area (Å²) in [5.41, 5.74) is 1.83. The van der Waals surface area contributed by atoms with Gasteiger partial charge in [-0.15, -0.1) is 0 Å². The van der Waals surface area contributed by atoms with E-state index in [-0.39, 0.29) is 40.4 Å². The molecule has 1 aliphatic heterocycles. The van der Waals surface area contributed by atoms with Gasteiger partial charge in [0.15, 0.2) is 11.5 Å². The Morgan fingerprint density at radius 2 is 1.78 bits per heavy atom. The summed E-state index contributed by atoms with van der Waals surface area (Å²) >= 11 is 0.844. The molecule has 0 N–H and O–H groups in total. The van der Waals surface area contributed by atoms with Crippen LogP contribution in [0.1, 0.15) is 28.4 Å². The molecule has 0 atom stereocenters. The molecule has 0 spiro atoms. The first-order valence-electron chi connectivity index (χ1n) is 11.5. The van der Waals surface area contributed by atoms with Crippen molar-refractivity contribution < 1.29 is 33.0 Å². The third-order valence-corrected chi connectivity index (χ3v) is 6.20. The smallest absolute Gasteiger partial charge is 0.343 e. The maximum atomic E-state index is 13.1. The molecule has 3 aromatic carbocycles. The SMILES string of the molecule is CCOc1cc(/C=C2\SC(=O)N(CCOc3cccc(C)c3)C2=O)ccc1OC(=O)c1ccc(F)cc1. The number of thioether (sulfide) groups is 1. The minimum absolute atomic E-state index is 0.123. The number of aryl methyl sites for hydroxylation is 1. The van der Waals surface area contributed by atoms with E-state index in [1.807, 2.05) is 31.2 Å². The van der Waals surface area contributed by atoms with Crippen LogP contribution in [0.25, 0.3) is 6.08 Å². The van der Waals surface area contributed by atoms with Crippen LogP contribution in [0, 0.1) is 12.7 Å². The van der Waals surface area contributed by atoms with Crippen LogP contribution in [0.5, 0.6) is 17.2 Å². The molecule has 0 aromatic heterocycles. The van der Waals surface area contributed by atoms with Gasteiger partial charge in [-0.25, -0.2) is 9.18 Å². The van der Waals surface area contributed by atoms with E-state index in [9.17, 15) is 18.8 Å². The minimum Gasteiger partial charge on any atom is -0.492 e. The average molecular weight is 522 g/mol. The van der Waals surface area contributed by atoms with Gasteiger partial charge in [-0.3, -0.25) is 14.5 Å². The fourth-order valence-corrected chi connectivity index (χ4v) is 4.38. The van der Waals surface area contributed by atoms with Crippen LogP contribution in [0.2, 0.25) is 0 Å². The Balaban J connectivity index is 1.44. The number of hydrogen-bond acceptors (Lipinski definition) is 7. The summed E-state index contributed by atoms with van der Waals surface area (Å²) < 4.78 is 29.9. The minimum atomic E-state index is -0.664. The molecule has 0 saturated carbocycles. The lowest BCUT2D eigenvalue weighted by molar-refractivity contribution is -0.123. The number of benzene rings is 3. The lowest BCUT2D eigenvalue weighted by Crippen LogP contribution is -2.32. The molecule has 0 radical (unpaired) electrons. The standard InChI is InChI=1S/C28H24FNO6S/c1-3-34-24-16-19(7-12-23(24)36-27(32)20-8-10-21(29)11-9-20)17-25-26(31)30(28(33)37-25)13-14-35-22-6-4-5-18(2)15-22/h4-12,15-17H,3,13-14H2,1-2H3/b25-17-. The largest absolute Gasteiger partial charge is 0.492 e. The highest BCUT2D eigenvalue weighted by Gasteiger charge is 2.34. The third kappa shape index (κ3) is 6.56. The van der Waals surface area contributed by atoms with Crippen molar-refractivity contribution in [2.45, 2.75) is 13.8 Å². The predicted molar refractivity (Wildman–Crippen MR) is 138 cm³/mol. The maximum absolute atomic E-state index is 13.1. The number of rotatable bonds is 9. The summed E-state index contributed by atoms with van der Waals surface area (Å²) in [4.78, 5) is 39.2. The summed E-state index contributed by atoms with van der Waals surface area (Å²) in [5.74, 6) is -0.396. The van der Waals surface area contributed by atoms with Gasteiger partial charge < -0.3 is 14.2 Å². The van der Waals surface area contributed by atoms with E-state index < -0.39 is 17.7 Å². The van der Waals surface area contributed by atoms with Crippen molar-refractivity contribution in [3.8, 4) is 17.2 Å². The molecule has 1 aliphatic rings. The Morgan fingerprint density at radius 3 is 2.51 bits per heavy atom. The third-order valence-electron chi connectivity index (χ3n) is 5.29. The molecule has 1 heterocycles. The molecule has 7 nitrogen and oxygen atoms in total. The Hall–Kier alpha value is -4.11. The van der Waals surface area contributed by atoms with Gasteiger partial charge in [0.2, 0.25) is 0 Å². The number of halogens is 1. The fourth-order valence-electron chi connectivity index (χ4n) is 3.52. The van der Waals surface area contributed by atoms with Crippen LogP contribution >= 0.6 is 11.8 Å². The van der Waals surface area contributed by atoms with Crippen LogP contribution in [0.15, 0.2) is 71.6 Å². The van der Waals surface area contributed by atoms with E-state index in [1.165, 1.54) is 30.3 Å². The van der Waals surface area contributed by atoms with E-state index in [0.717, 1.165) is 22.2 Å². The van der Waals surface area contributed by atoms with Crippen LogP contribution in [-0.2, 0) is 4.79 Å². The number of nitrogens with zero attached hydrogens (tertiary/aromatic N) is 1. The van der Waals surface area contributed by atoms with Crippen molar-refractivity contribution in [3.63, 3.8) is 0 Å². The van der Waals surface area contributed by atoms with Gasteiger partial charge in [-0.1, -0.05) is 18.2 Å². The molecule has 190 valence electrons. The molecule has 1 saturated heterocycles. The van der Waals surface area contributed by atoms with Crippen molar-refractivity contribution in [2.75, 3.05) is 19.8 Å². The van der Waals surface area contributed by atoms with E-state index in [2.05, 4.69) is 0 Å². The molecule has 37 heavy (non-hydrogen) atoms.